The fraction of sp³-hybridized carbons (Fsp3) is 0.611. The molecular formula is C18H27NO4. The summed E-state index contributed by atoms with van der Waals surface area (Å²) < 4.78 is 10.7. The third-order valence-corrected chi connectivity index (χ3v) is 4.42. The topological polar surface area (TPSA) is 67.8 Å². The van der Waals surface area contributed by atoms with Crippen LogP contribution in [0.15, 0.2) is 24.3 Å². The lowest BCUT2D eigenvalue weighted by Crippen LogP contribution is -2.43. The molecule has 1 aliphatic rings. The number of benzene rings is 1. The van der Waals surface area contributed by atoms with Crippen molar-refractivity contribution in [1.29, 1.82) is 0 Å². The van der Waals surface area contributed by atoms with Crippen molar-refractivity contribution in [2.75, 3.05) is 20.3 Å². The van der Waals surface area contributed by atoms with Gasteiger partial charge in [-0.05, 0) is 37.3 Å². The number of aliphatic hydroxyl groups excluding tert-OH is 1. The molecule has 0 aromatic heterocycles. The van der Waals surface area contributed by atoms with Crippen LogP contribution in [0.2, 0.25) is 0 Å². The summed E-state index contributed by atoms with van der Waals surface area (Å²) in [7, 11) is 1.59. The highest BCUT2D eigenvalue weighted by atomic mass is 16.5. The second kappa shape index (κ2) is 9.40. The molecule has 2 N–H and O–H groups in total. The van der Waals surface area contributed by atoms with Gasteiger partial charge in [0.25, 0.3) is 5.91 Å². The number of aliphatic hydroxyl groups is 1. The first-order valence-corrected chi connectivity index (χ1v) is 8.40. The predicted molar refractivity (Wildman–Crippen MR) is 88.7 cm³/mol. The first-order chi connectivity index (χ1) is 11.2. The number of rotatable bonds is 8. The lowest BCUT2D eigenvalue weighted by molar-refractivity contribution is -0.124. The van der Waals surface area contributed by atoms with Crippen LogP contribution in [0.1, 0.15) is 38.5 Å². The summed E-state index contributed by atoms with van der Waals surface area (Å²) in [6.45, 7) is 0.0694. The fourth-order valence-corrected chi connectivity index (χ4v) is 3.19. The van der Waals surface area contributed by atoms with Gasteiger partial charge in [-0.15, -0.1) is 0 Å². The molecule has 1 aromatic rings. The maximum atomic E-state index is 12.1. The zero-order valence-electron chi connectivity index (χ0n) is 13.8. The Hall–Kier alpha value is -1.75. The maximum Gasteiger partial charge on any atom is 0.258 e. The van der Waals surface area contributed by atoms with Crippen LogP contribution in [0.25, 0.3) is 0 Å². The van der Waals surface area contributed by atoms with Crippen LogP contribution in [0.5, 0.6) is 11.5 Å². The van der Waals surface area contributed by atoms with Crippen LogP contribution < -0.4 is 14.8 Å². The van der Waals surface area contributed by atoms with E-state index in [4.69, 9.17) is 9.47 Å². The van der Waals surface area contributed by atoms with Crippen LogP contribution >= 0.6 is 0 Å². The molecule has 1 aliphatic carbocycles. The first-order valence-electron chi connectivity index (χ1n) is 8.40. The molecule has 2 rings (SSSR count). The number of carbonyl (C=O) groups is 1. The van der Waals surface area contributed by atoms with E-state index < -0.39 is 0 Å². The Morgan fingerprint density at radius 2 is 2.04 bits per heavy atom. The Morgan fingerprint density at radius 3 is 2.74 bits per heavy atom. The Morgan fingerprint density at radius 1 is 1.30 bits per heavy atom. The van der Waals surface area contributed by atoms with Gasteiger partial charge in [0, 0.05) is 18.7 Å². The number of hydrogen-bond donors (Lipinski definition) is 2. The molecule has 0 heterocycles. The minimum Gasteiger partial charge on any atom is -0.497 e. The lowest BCUT2D eigenvalue weighted by Gasteiger charge is -2.30. The number of carbonyl (C=O) groups excluding carboxylic acids is 1. The van der Waals surface area contributed by atoms with Crippen molar-refractivity contribution >= 4 is 5.91 Å². The highest BCUT2D eigenvalue weighted by Crippen LogP contribution is 2.27. The minimum absolute atomic E-state index is 0.0260. The molecular weight excluding hydrogens is 294 g/mol. The van der Waals surface area contributed by atoms with Gasteiger partial charge >= 0.3 is 0 Å². The molecule has 1 fully saturated rings. The molecule has 5 heteroatoms. The third-order valence-electron chi connectivity index (χ3n) is 4.42. The number of ether oxygens (including phenoxy) is 2. The SMILES string of the molecule is COc1cccc(OCC(=O)NC(CCO)C2CCCCC2)c1. The van der Waals surface area contributed by atoms with Gasteiger partial charge in [0.15, 0.2) is 6.61 Å². The summed E-state index contributed by atoms with van der Waals surface area (Å²) in [6, 6.07) is 7.24. The van der Waals surface area contributed by atoms with E-state index in [1.807, 2.05) is 12.1 Å². The smallest absolute Gasteiger partial charge is 0.258 e. The fourth-order valence-electron chi connectivity index (χ4n) is 3.19. The Kier molecular flexibility index (Phi) is 7.20. The highest BCUT2D eigenvalue weighted by molar-refractivity contribution is 5.77. The van der Waals surface area contributed by atoms with Crippen LogP contribution in [0, 0.1) is 5.92 Å². The van der Waals surface area contributed by atoms with Crippen LogP contribution in [-0.2, 0) is 4.79 Å². The van der Waals surface area contributed by atoms with E-state index in [2.05, 4.69) is 5.32 Å². The van der Waals surface area contributed by atoms with Crippen LogP contribution in [-0.4, -0.2) is 37.4 Å². The molecule has 0 saturated heterocycles. The lowest BCUT2D eigenvalue weighted by atomic mass is 9.83. The standard InChI is InChI=1S/C18H27NO4/c1-22-15-8-5-9-16(12-15)23-13-18(21)19-17(10-11-20)14-6-3-2-4-7-14/h5,8-9,12,14,17,20H,2-4,6-7,10-11,13H2,1H3,(H,19,21). The van der Waals surface area contributed by atoms with E-state index in [0.29, 0.717) is 23.8 Å². The summed E-state index contributed by atoms with van der Waals surface area (Å²) in [6.07, 6.45) is 6.56. The molecule has 0 radical (unpaired) electrons. The van der Waals surface area contributed by atoms with Crippen molar-refractivity contribution in [3.63, 3.8) is 0 Å². The molecule has 0 aliphatic heterocycles. The van der Waals surface area contributed by atoms with Crippen LogP contribution in [0.4, 0.5) is 0 Å². The number of methoxy groups -OCH3 is 1. The molecule has 0 spiro atoms. The second-order valence-electron chi connectivity index (χ2n) is 6.05. The monoisotopic (exact) mass is 321 g/mol. The molecule has 0 bridgehead atoms. The average Bonchev–Trinajstić information content (AvgIpc) is 2.60. The average molecular weight is 321 g/mol. The van der Waals surface area contributed by atoms with E-state index in [1.54, 1.807) is 19.2 Å². The van der Waals surface area contributed by atoms with E-state index in [9.17, 15) is 9.90 Å². The number of hydrogen-bond acceptors (Lipinski definition) is 4. The van der Waals surface area contributed by atoms with Gasteiger partial charge in [0.1, 0.15) is 11.5 Å². The molecule has 1 saturated carbocycles. The summed E-state index contributed by atoms with van der Waals surface area (Å²) in [5.41, 5.74) is 0. The van der Waals surface area contributed by atoms with Gasteiger partial charge in [-0.2, -0.15) is 0 Å². The van der Waals surface area contributed by atoms with Gasteiger partial charge in [0.2, 0.25) is 0 Å². The van der Waals surface area contributed by atoms with Crippen molar-refractivity contribution in [2.24, 2.45) is 5.92 Å². The zero-order valence-corrected chi connectivity index (χ0v) is 13.8. The normalized spacial score (nSPS) is 16.6. The van der Waals surface area contributed by atoms with Gasteiger partial charge in [-0.25, -0.2) is 0 Å². The van der Waals surface area contributed by atoms with Crippen molar-refractivity contribution in [3.05, 3.63) is 24.3 Å². The summed E-state index contributed by atoms with van der Waals surface area (Å²) >= 11 is 0. The molecule has 23 heavy (non-hydrogen) atoms. The van der Waals surface area contributed by atoms with Crippen molar-refractivity contribution in [2.45, 2.75) is 44.6 Å². The van der Waals surface area contributed by atoms with Crippen molar-refractivity contribution < 1.29 is 19.4 Å². The number of amides is 1. The quantitative estimate of drug-likeness (QED) is 0.772. The molecule has 128 valence electrons. The zero-order chi connectivity index (χ0) is 16.5. The third kappa shape index (κ3) is 5.75. The van der Waals surface area contributed by atoms with Crippen molar-refractivity contribution in [3.8, 4) is 11.5 Å². The van der Waals surface area contributed by atoms with Gasteiger partial charge in [-0.1, -0.05) is 25.3 Å². The Labute approximate surface area is 138 Å². The van der Waals surface area contributed by atoms with Crippen molar-refractivity contribution in [1.82, 2.24) is 5.32 Å². The summed E-state index contributed by atoms with van der Waals surface area (Å²) in [5, 5.41) is 12.3. The largest absolute Gasteiger partial charge is 0.497 e. The van der Waals surface area contributed by atoms with E-state index in [0.717, 1.165) is 12.8 Å². The summed E-state index contributed by atoms with van der Waals surface area (Å²) in [4.78, 5) is 12.1. The minimum atomic E-state index is -0.142. The molecule has 1 unspecified atom stereocenters. The molecule has 1 amide bonds. The second-order valence-corrected chi connectivity index (χ2v) is 6.05. The Balaban J connectivity index is 1.83. The Bertz CT molecular complexity index is 486. The molecule has 1 aromatic carbocycles. The first kappa shape index (κ1) is 17.6. The van der Waals surface area contributed by atoms with E-state index in [1.165, 1.54) is 19.3 Å². The predicted octanol–water partition coefficient (Wildman–Crippen LogP) is 2.52. The highest BCUT2D eigenvalue weighted by Gasteiger charge is 2.24. The van der Waals surface area contributed by atoms with Gasteiger partial charge in [0.05, 0.1) is 7.11 Å². The molecule has 1 atom stereocenters. The number of nitrogens with one attached hydrogen (secondary N) is 1. The summed E-state index contributed by atoms with van der Waals surface area (Å²) in [5.74, 6) is 1.63. The van der Waals surface area contributed by atoms with Gasteiger partial charge < -0.3 is 19.9 Å². The van der Waals surface area contributed by atoms with Gasteiger partial charge in [-0.3, -0.25) is 4.79 Å². The maximum absolute atomic E-state index is 12.1. The van der Waals surface area contributed by atoms with Crippen LogP contribution in [0.3, 0.4) is 0 Å². The molecule has 5 nitrogen and oxygen atoms in total. The van der Waals surface area contributed by atoms with E-state index >= 15 is 0 Å². The van der Waals surface area contributed by atoms with E-state index in [-0.39, 0.29) is 25.2 Å².